The predicted molar refractivity (Wildman–Crippen MR) is 121 cm³/mol. The lowest BCUT2D eigenvalue weighted by Crippen LogP contribution is -2.45. The van der Waals surface area contributed by atoms with Crippen molar-refractivity contribution in [1.82, 2.24) is 10.2 Å². The minimum Gasteiger partial charge on any atom is -0.497 e. The Bertz CT molecular complexity index is 883. The van der Waals surface area contributed by atoms with Crippen molar-refractivity contribution in [3.8, 4) is 5.75 Å². The molecule has 1 unspecified atom stereocenters. The van der Waals surface area contributed by atoms with Crippen LogP contribution in [-0.4, -0.2) is 42.8 Å². The second-order valence-corrected chi connectivity index (χ2v) is 7.64. The highest BCUT2D eigenvalue weighted by atomic mass is 16.5. The van der Waals surface area contributed by atoms with Gasteiger partial charge >= 0.3 is 0 Å². The molecule has 0 radical (unpaired) electrons. The van der Waals surface area contributed by atoms with E-state index in [2.05, 4.69) is 10.6 Å². The number of hydrogen-bond donors (Lipinski definition) is 2. The van der Waals surface area contributed by atoms with Gasteiger partial charge in [0.2, 0.25) is 17.7 Å². The van der Waals surface area contributed by atoms with Gasteiger partial charge in [-0.3, -0.25) is 14.4 Å². The van der Waals surface area contributed by atoms with Crippen LogP contribution < -0.4 is 15.4 Å². The number of nitrogens with zero attached hydrogens (tertiary/aromatic N) is 1. The molecule has 2 aromatic rings. The average molecular weight is 426 g/mol. The largest absolute Gasteiger partial charge is 0.497 e. The maximum atomic E-state index is 13.3. The number of anilines is 1. The summed E-state index contributed by atoms with van der Waals surface area (Å²) in [7, 11) is 1.55. The van der Waals surface area contributed by atoms with Gasteiger partial charge in [0.05, 0.1) is 13.7 Å². The molecule has 1 atom stereocenters. The highest BCUT2D eigenvalue weighted by Crippen LogP contribution is 2.19. The van der Waals surface area contributed by atoms with Gasteiger partial charge in [0.25, 0.3) is 0 Å². The SMILES string of the molecule is CCN(CC(=O)Nc1cccc(OC)c1)C(=O)C(NC(=O)CC(C)C)c1ccccc1. The first kappa shape index (κ1) is 23.9. The summed E-state index contributed by atoms with van der Waals surface area (Å²) in [6, 6.07) is 15.2. The van der Waals surface area contributed by atoms with Crippen LogP contribution in [0.25, 0.3) is 0 Å². The summed E-state index contributed by atoms with van der Waals surface area (Å²) in [6.45, 7) is 5.89. The molecule has 0 aliphatic carbocycles. The van der Waals surface area contributed by atoms with E-state index >= 15 is 0 Å². The molecule has 0 heterocycles. The fourth-order valence-electron chi connectivity index (χ4n) is 3.13. The Morgan fingerprint density at radius 3 is 2.32 bits per heavy atom. The van der Waals surface area contributed by atoms with Crippen LogP contribution in [0.1, 0.15) is 38.8 Å². The van der Waals surface area contributed by atoms with E-state index in [1.807, 2.05) is 32.0 Å². The number of hydrogen-bond acceptors (Lipinski definition) is 4. The maximum absolute atomic E-state index is 13.3. The summed E-state index contributed by atoms with van der Waals surface area (Å²) < 4.78 is 5.17. The smallest absolute Gasteiger partial charge is 0.250 e. The molecule has 0 fully saturated rings. The fourth-order valence-corrected chi connectivity index (χ4v) is 3.13. The van der Waals surface area contributed by atoms with Crippen LogP contribution in [0, 0.1) is 5.92 Å². The minimum atomic E-state index is -0.850. The highest BCUT2D eigenvalue weighted by molar-refractivity contribution is 5.96. The van der Waals surface area contributed by atoms with Gasteiger partial charge in [0.1, 0.15) is 11.8 Å². The zero-order valence-electron chi connectivity index (χ0n) is 18.6. The normalized spacial score (nSPS) is 11.5. The molecule has 166 valence electrons. The van der Waals surface area contributed by atoms with Gasteiger partial charge in [-0.25, -0.2) is 0 Å². The van der Waals surface area contributed by atoms with Crippen LogP contribution in [0.4, 0.5) is 5.69 Å². The van der Waals surface area contributed by atoms with Crippen molar-refractivity contribution >= 4 is 23.4 Å². The molecule has 2 N–H and O–H groups in total. The summed E-state index contributed by atoms with van der Waals surface area (Å²) in [6.07, 6.45) is 0.319. The first-order valence-corrected chi connectivity index (χ1v) is 10.4. The van der Waals surface area contributed by atoms with Gasteiger partial charge in [0.15, 0.2) is 0 Å². The van der Waals surface area contributed by atoms with Gasteiger partial charge in [0, 0.05) is 24.7 Å². The van der Waals surface area contributed by atoms with Gasteiger partial charge in [-0.1, -0.05) is 50.2 Å². The zero-order valence-corrected chi connectivity index (χ0v) is 18.6. The van der Waals surface area contributed by atoms with Crippen molar-refractivity contribution in [3.05, 3.63) is 60.2 Å². The lowest BCUT2D eigenvalue weighted by atomic mass is 10.0. The van der Waals surface area contributed by atoms with Crippen molar-refractivity contribution in [3.63, 3.8) is 0 Å². The number of ether oxygens (including phenoxy) is 1. The van der Waals surface area contributed by atoms with E-state index in [4.69, 9.17) is 4.74 Å². The Balaban J connectivity index is 2.14. The summed E-state index contributed by atoms with van der Waals surface area (Å²) >= 11 is 0. The molecule has 0 aromatic heterocycles. The Hall–Kier alpha value is -3.35. The van der Waals surface area contributed by atoms with E-state index < -0.39 is 6.04 Å². The van der Waals surface area contributed by atoms with E-state index in [0.717, 1.165) is 0 Å². The van der Waals surface area contributed by atoms with Gasteiger partial charge in [-0.05, 0) is 30.5 Å². The molecule has 3 amide bonds. The number of amides is 3. The summed E-state index contributed by atoms with van der Waals surface area (Å²) in [5, 5.41) is 5.62. The summed E-state index contributed by atoms with van der Waals surface area (Å²) in [5.41, 5.74) is 1.26. The average Bonchev–Trinajstić information content (AvgIpc) is 2.75. The molecular weight excluding hydrogens is 394 g/mol. The van der Waals surface area contributed by atoms with Crippen molar-refractivity contribution in [1.29, 1.82) is 0 Å². The second-order valence-electron chi connectivity index (χ2n) is 7.64. The van der Waals surface area contributed by atoms with E-state index in [9.17, 15) is 14.4 Å². The third-order valence-corrected chi connectivity index (χ3v) is 4.66. The third kappa shape index (κ3) is 7.44. The number of carbonyl (C=O) groups is 3. The standard InChI is InChI=1S/C24H31N3O4/c1-5-27(16-22(29)25-19-12-9-13-20(15-19)31-4)24(30)23(18-10-7-6-8-11-18)26-21(28)14-17(2)3/h6-13,15,17,23H,5,14,16H2,1-4H3,(H,25,29)(H,26,28). The first-order chi connectivity index (χ1) is 14.8. The highest BCUT2D eigenvalue weighted by Gasteiger charge is 2.28. The number of carbonyl (C=O) groups excluding carboxylic acids is 3. The molecule has 31 heavy (non-hydrogen) atoms. The third-order valence-electron chi connectivity index (χ3n) is 4.66. The Morgan fingerprint density at radius 1 is 1.00 bits per heavy atom. The van der Waals surface area contributed by atoms with Crippen LogP contribution in [0.2, 0.25) is 0 Å². The first-order valence-electron chi connectivity index (χ1n) is 10.4. The number of methoxy groups -OCH3 is 1. The second kappa shape index (κ2) is 11.7. The number of nitrogens with one attached hydrogen (secondary N) is 2. The minimum absolute atomic E-state index is 0.129. The fraction of sp³-hybridized carbons (Fsp3) is 0.375. The predicted octanol–water partition coefficient (Wildman–Crippen LogP) is 3.39. The molecular formula is C24H31N3O4. The molecule has 0 saturated heterocycles. The Morgan fingerprint density at radius 2 is 1.71 bits per heavy atom. The Labute approximate surface area is 183 Å². The van der Waals surface area contributed by atoms with Crippen LogP contribution in [0.3, 0.4) is 0 Å². The molecule has 0 spiro atoms. The number of benzene rings is 2. The molecule has 0 aliphatic rings. The maximum Gasteiger partial charge on any atom is 0.250 e. The molecule has 7 heteroatoms. The quantitative estimate of drug-likeness (QED) is 0.611. The van der Waals surface area contributed by atoms with Crippen LogP contribution >= 0.6 is 0 Å². The van der Waals surface area contributed by atoms with E-state index in [-0.39, 0.29) is 30.2 Å². The lowest BCUT2D eigenvalue weighted by Gasteiger charge is -2.27. The molecule has 0 bridgehead atoms. The Kier molecular flexibility index (Phi) is 9.06. The van der Waals surface area contributed by atoms with Gasteiger partial charge < -0.3 is 20.3 Å². The van der Waals surface area contributed by atoms with E-state index in [0.29, 0.717) is 30.0 Å². The molecule has 7 nitrogen and oxygen atoms in total. The lowest BCUT2D eigenvalue weighted by molar-refractivity contribution is -0.138. The monoisotopic (exact) mass is 425 g/mol. The van der Waals surface area contributed by atoms with Crippen molar-refractivity contribution < 1.29 is 19.1 Å². The molecule has 2 rings (SSSR count). The van der Waals surface area contributed by atoms with Crippen LogP contribution in [-0.2, 0) is 14.4 Å². The van der Waals surface area contributed by atoms with Crippen LogP contribution in [0.5, 0.6) is 5.75 Å². The van der Waals surface area contributed by atoms with Crippen molar-refractivity contribution in [2.75, 3.05) is 25.5 Å². The zero-order chi connectivity index (χ0) is 22.8. The topological polar surface area (TPSA) is 87.7 Å². The van der Waals surface area contributed by atoms with E-state index in [1.165, 1.54) is 4.90 Å². The molecule has 0 aliphatic heterocycles. The number of rotatable bonds is 10. The van der Waals surface area contributed by atoms with Crippen molar-refractivity contribution in [2.24, 2.45) is 5.92 Å². The summed E-state index contributed by atoms with van der Waals surface area (Å²) in [5.74, 6) is -0.0647. The molecule has 0 saturated carbocycles. The molecule has 2 aromatic carbocycles. The van der Waals surface area contributed by atoms with Gasteiger partial charge in [-0.2, -0.15) is 0 Å². The number of likely N-dealkylation sites (N-methyl/N-ethyl adjacent to an activating group) is 1. The van der Waals surface area contributed by atoms with Gasteiger partial charge in [-0.15, -0.1) is 0 Å². The van der Waals surface area contributed by atoms with Crippen LogP contribution in [0.15, 0.2) is 54.6 Å². The van der Waals surface area contributed by atoms with E-state index in [1.54, 1.807) is 50.4 Å². The van der Waals surface area contributed by atoms with Crippen molar-refractivity contribution in [2.45, 2.75) is 33.2 Å². The summed E-state index contributed by atoms with van der Waals surface area (Å²) in [4.78, 5) is 39.7.